The number of hydrogen-bond donors (Lipinski definition) is 3. The lowest BCUT2D eigenvalue weighted by atomic mass is 10.0. The van der Waals surface area contributed by atoms with Crippen LogP contribution in [0.3, 0.4) is 0 Å². The van der Waals surface area contributed by atoms with Gasteiger partial charge in [-0.3, -0.25) is 9.89 Å². The van der Waals surface area contributed by atoms with Crippen LogP contribution >= 0.6 is 0 Å². The molecule has 94 valence electrons. The Hall–Kier alpha value is -2.14. The fraction of sp³-hybridized carbons (Fsp3) is 0.231. The molecule has 1 amide bonds. The van der Waals surface area contributed by atoms with E-state index in [1.54, 1.807) is 6.20 Å². The molecule has 1 aromatic carbocycles. The minimum absolute atomic E-state index is 0.0892. The van der Waals surface area contributed by atoms with Gasteiger partial charge in [-0.2, -0.15) is 5.10 Å². The van der Waals surface area contributed by atoms with Gasteiger partial charge in [0.2, 0.25) is 0 Å². The highest BCUT2D eigenvalue weighted by atomic mass is 16.1. The molecule has 0 aliphatic rings. The lowest BCUT2D eigenvalue weighted by Crippen LogP contribution is -2.24. The number of H-pyrrole nitrogens is 1. The van der Waals surface area contributed by atoms with Crippen molar-refractivity contribution in [2.45, 2.75) is 13.0 Å². The summed E-state index contributed by atoms with van der Waals surface area (Å²) in [5.74, 6) is -0.0892. The van der Waals surface area contributed by atoms with Crippen molar-refractivity contribution in [1.29, 1.82) is 0 Å². The Labute approximate surface area is 105 Å². The average Bonchev–Trinajstić information content (AvgIpc) is 2.90. The van der Waals surface area contributed by atoms with Crippen molar-refractivity contribution >= 4 is 5.91 Å². The van der Waals surface area contributed by atoms with Crippen LogP contribution in [0.5, 0.6) is 0 Å². The van der Waals surface area contributed by atoms with Gasteiger partial charge >= 0.3 is 0 Å². The van der Waals surface area contributed by atoms with Gasteiger partial charge in [-0.25, -0.2) is 0 Å². The summed E-state index contributed by atoms with van der Waals surface area (Å²) in [4.78, 5) is 12.0. The van der Waals surface area contributed by atoms with Crippen LogP contribution in [0, 0.1) is 0 Å². The Balaban J connectivity index is 2.04. The zero-order valence-electron chi connectivity index (χ0n) is 10.0. The topological polar surface area (TPSA) is 83.8 Å². The lowest BCUT2D eigenvalue weighted by Gasteiger charge is -2.08. The van der Waals surface area contributed by atoms with Gasteiger partial charge in [0, 0.05) is 11.8 Å². The van der Waals surface area contributed by atoms with Gasteiger partial charge in [-0.1, -0.05) is 18.2 Å². The molecular weight excluding hydrogens is 228 g/mol. The molecule has 0 atom stereocenters. The minimum Gasteiger partial charge on any atom is -0.346 e. The second kappa shape index (κ2) is 5.97. The van der Waals surface area contributed by atoms with Crippen LogP contribution in [-0.4, -0.2) is 22.6 Å². The molecule has 5 nitrogen and oxygen atoms in total. The maximum Gasteiger partial charge on any atom is 0.251 e. The van der Waals surface area contributed by atoms with E-state index in [1.165, 1.54) is 0 Å². The monoisotopic (exact) mass is 244 g/mol. The van der Waals surface area contributed by atoms with Crippen LogP contribution in [0.25, 0.3) is 0 Å². The van der Waals surface area contributed by atoms with E-state index in [0.29, 0.717) is 25.1 Å². The predicted molar refractivity (Wildman–Crippen MR) is 69.0 cm³/mol. The quantitative estimate of drug-likeness (QED) is 0.728. The molecule has 2 aromatic rings. The highest BCUT2D eigenvalue weighted by Gasteiger charge is 2.09. The van der Waals surface area contributed by atoms with E-state index >= 15 is 0 Å². The first-order valence-electron chi connectivity index (χ1n) is 5.85. The number of rotatable bonds is 5. The van der Waals surface area contributed by atoms with E-state index in [2.05, 4.69) is 15.5 Å². The van der Waals surface area contributed by atoms with Gasteiger partial charge in [-0.05, 0) is 30.7 Å². The van der Waals surface area contributed by atoms with Crippen molar-refractivity contribution in [1.82, 2.24) is 15.5 Å². The van der Waals surface area contributed by atoms with E-state index in [4.69, 9.17) is 5.73 Å². The largest absolute Gasteiger partial charge is 0.346 e. The Morgan fingerprint density at radius 1 is 1.33 bits per heavy atom. The number of benzene rings is 1. The zero-order valence-corrected chi connectivity index (χ0v) is 10.0. The molecule has 0 bridgehead atoms. The molecule has 18 heavy (non-hydrogen) atoms. The summed E-state index contributed by atoms with van der Waals surface area (Å²) >= 11 is 0. The van der Waals surface area contributed by atoms with Crippen LogP contribution < -0.4 is 11.1 Å². The molecule has 1 aromatic heterocycles. The number of carbonyl (C=O) groups is 1. The van der Waals surface area contributed by atoms with Gasteiger partial charge in [0.15, 0.2) is 0 Å². The van der Waals surface area contributed by atoms with Crippen molar-refractivity contribution in [2.24, 2.45) is 5.73 Å². The maximum absolute atomic E-state index is 12.0. The van der Waals surface area contributed by atoms with Crippen LogP contribution in [0.15, 0.2) is 36.5 Å². The van der Waals surface area contributed by atoms with Crippen molar-refractivity contribution in [2.75, 3.05) is 6.54 Å². The summed E-state index contributed by atoms with van der Waals surface area (Å²) in [5.41, 5.74) is 8.07. The van der Waals surface area contributed by atoms with Gasteiger partial charge in [0.05, 0.1) is 12.2 Å². The Kier molecular flexibility index (Phi) is 4.09. The lowest BCUT2D eigenvalue weighted by molar-refractivity contribution is 0.0949. The van der Waals surface area contributed by atoms with Gasteiger partial charge in [0.25, 0.3) is 5.91 Å². The fourth-order valence-corrected chi connectivity index (χ4v) is 1.77. The number of nitrogens with one attached hydrogen (secondary N) is 2. The van der Waals surface area contributed by atoms with Crippen molar-refractivity contribution in [3.63, 3.8) is 0 Å². The number of carbonyl (C=O) groups excluding carboxylic acids is 1. The number of hydrogen-bond acceptors (Lipinski definition) is 3. The van der Waals surface area contributed by atoms with Crippen molar-refractivity contribution in [3.8, 4) is 0 Å². The highest BCUT2D eigenvalue weighted by molar-refractivity contribution is 5.95. The summed E-state index contributed by atoms with van der Waals surface area (Å²) in [7, 11) is 0. The molecule has 0 aliphatic carbocycles. The summed E-state index contributed by atoms with van der Waals surface area (Å²) < 4.78 is 0. The third-order valence-electron chi connectivity index (χ3n) is 2.67. The normalized spacial score (nSPS) is 10.3. The summed E-state index contributed by atoms with van der Waals surface area (Å²) in [6.07, 6.45) is 2.36. The Morgan fingerprint density at radius 2 is 2.17 bits per heavy atom. The zero-order chi connectivity index (χ0) is 12.8. The Bertz CT molecular complexity index is 507. The number of aromatic amines is 1. The molecule has 2 rings (SSSR count). The molecule has 0 saturated carbocycles. The molecule has 0 spiro atoms. The van der Waals surface area contributed by atoms with Crippen molar-refractivity contribution in [3.05, 3.63) is 53.3 Å². The van der Waals surface area contributed by atoms with E-state index in [0.717, 1.165) is 11.3 Å². The first-order chi connectivity index (χ1) is 8.81. The van der Waals surface area contributed by atoms with Gasteiger partial charge in [0.1, 0.15) is 0 Å². The molecule has 0 aliphatic heterocycles. The SMILES string of the molecule is NCCc1ccccc1C(=O)NCc1ccn[nH]1. The molecule has 4 N–H and O–H groups in total. The van der Waals surface area contributed by atoms with E-state index in [9.17, 15) is 4.79 Å². The van der Waals surface area contributed by atoms with Crippen LogP contribution in [0.2, 0.25) is 0 Å². The summed E-state index contributed by atoms with van der Waals surface area (Å²) in [6, 6.07) is 9.33. The predicted octanol–water partition coefficient (Wildman–Crippen LogP) is 0.841. The minimum atomic E-state index is -0.0892. The standard InChI is InChI=1S/C13H16N4O/c14-7-5-10-3-1-2-4-12(10)13(18)15-9-11-6-8-16-17-11/h1-4,6,8H,5,7,9,14H2,(H,15,18)(H,16,17). The third kappa shape index (κ3) is 2.95. The number of nitrogens with two attached hydrogens (primary N) is 1. The molecular formula is C13H16N4O. The molecule has 0 radical (unpaired) electrons. The highest BCUT2D eigenvalue weighted by Crippen LogP contribution is 2.09. The van der Waals surface area contributed by atoms with Crippen LogP contribution in [0.4, 0.5) is 0 Å². The maximum atomic E-state index is 12.0. The average molecular weight is 244 g/mol. The molecule has 1 heterocycles. The van der Waals surface area contributed by atoms with E-state index in [-0.39, 0.29) is 5.91 Å². The third-order valence-corrected chi connectivity index (χ3v) is 2.67. The fourth-order valence-electron chi connectivity index (χ4n) is 1.77. The molecule has 0 unspecified atom stereocenters. The van der Waals surface area contributed by atoms with E-state index < -0.39 is 0 Å². The van der Waals surface area contributed by atoms with Gasteiger partial charge < -0.3 is 11.1 Å². The summed E-state index contributed by atoms with van der Waals surface area (Å²) in [5, 5.41) is 9.48. The number of aromatic nitrogens is 2. The number of amides is 1. The Morgan fingerprint density at radius 3 is 2.89 bits per heavy atom. The van der Waals surface area contributed by atoms with Crippen LogP contribution in [0.1, 0.15) is 21.6 Å². The number of nitrogens with zero attached hydrogens (tertiary/aromatic N) is 1. The second-order valence-corrected chi connectivity index (χ2v) is 3.96. The first-order valence-corrected chi connectivity index (χ1v) is 5.85. The second-order valence-electron chi connectivity index (χ2n) is 3.96. The molecule has 0 fully saturated rings. The smallest absolute Gasteiger partial charge is 0.251 e. The molecule has 5 heteroatoms. The molecule has 0 saturated heterocycles. The van der Waals surface area contributed by atoms with Gasteiger partial charge in [-0.15, -0.1) is 0 Å². The summed E-state index contributed by atoms with van der Waals surface area (Å²) in [6.45, 7) is 0.973. The first kappa shape index (κ1) is 12.3. The van der Waals surface area contributed by atoms with E-state index in [1.807, 2.05) is 30.3 Å². The van der Waals surface area contributed by atoms with Crippen LogP contribution in [-0.2, 0) is 13.0 Å². The van der Waals surface area contributed by atoms with Crippen molar-refractivity contribution < 1.29 is 4.79 Å².